The first-order chi connectivity index (χ1) is 10.2. The van der Waals surface area contributed by atoms with E-state index in [2.05, 4.69) is 31.3 Å². The number of thiophene rings is 1. The van der Waals surface area contributed by atoms with Crippen molar-refractivity contribution in [2.75, 3.05) is 13.9 Å². The Balaban J connectivity index is 1.71. The maximum absolute atomic E-state index is 5.45. The van der Waals surface area contributed by atoms with Crippen LogP contribution in [-0.2, 0) is 6.54 Å². The van der Waals surface area contributed by atoms with E-state index in [1.54, 1.807) is 7.11 Å². The van der Waals surface area contributed by atoms with E-state index < -0.39 is 0 Å². The number of hydrogen-bond donors (Lipinski definition) is 1. The first-order valence-corrected chi connectivity index (χ1v) is 7.75. The molecule has 0 bridgehead atoms. The molecule has 0 spiro atoms. The molecule has 1 unspecified atom stereocenters. The highest BCUT2D eigenvalue weighted by atomic mass is 32.1. The molecule has 1 atom stereocenters. The Morgan fingerprint density at radius 3 is 2.90 bits per heavy atom. The molecule has 2 aromatic rings. The zero-order chi connectivity index (χ0) is 14.8. The fourth-order valence-corrected chi connectivity index (χ4v) is 3.25. The van der Waals surface area contributed by atoms with Gasteiger partial charge in [0.15, 0.2) is 11.5 Å². The molecule has 112 valence electrons. The van der Waals surface area contributed by atoms with E-state index in [1.807, 2.05) is 23.5 Å². The van der Waals surface area contributed by atoms with Gasteiger partial charge in [0.05, 0.1) is 7.11 Å². The van der Waals surface area contributed by atoms with Crippen LogP contribution in [0.15, 0.2) is 24.3 Å². The van der Waals surface area contributed by atoms with Gasteiger partial charge in [-0.3, -0.25) is 0 Å². The van der Waals surface area contributed by atoms with Crippen LogP contribution in [-0.4, -0.2) is 13.9 Å². The predicted molar refractivity (Wildman–Crippen MR) is 83.4 cm³/mol. The highest BCUT2D eigenvalue weighted by Gasteiger charge is 2.20. The predicted octanol–water partition coefficient (Wildman–Crippen LogP) is 3.64. The van der Waals surface area contributed by atoms with Crippen LogP contribution < -0.4 is 19.5 Å². The van der Waals surface area contributed by atoms with Crippen LogP contribution in [0.25, 0.3) is 0 Å². The third kappa shape index (κ3) is 2.99. The minimum absolute atomic E-state index is 0.257. The summed E-state index contributed by atoms with van der Waals surface area (Å²) in [5, 5.41) is 3.53. The van der Waals surface area contributed by atoms with Gasteiger partial charge in [0.2, 0.25) is 12.5 Å². The van der Waals surface area contributed by atoms with Crippen LogP contribution in [0.2, 0.25) is 0 Å². The van der Waals surface area contributed by atoms with E-state index in [-0.39, 0.29) is 6.79 Å². The van der Waals surface area contributed by atoms with E-state index >= 15 is 0 Å². The monoisotopic (exact) mass is 305 g/mol. The van der Waals surface area contributed by atoms with Crippen LogP contribution in [0.4, 0.5) is 0 Å². The van der Waals surface area contributed by atoms with Gasteiger partial charge in [-0.25, -0.2) is 0 Å². The van der Waals surface area contributed by atoms with Crippen molar-refractivity contribution in [2.24, 2.45) is 0 Å². The minimum Gasteiger partial charge on any atom is -0.493 e. The molecule has 0 fully saturated rings. The third-order valence-corrected chi connectivity index (χ3v) is 4.70. The van der Waals surface area contributed by atoms with E-state index in [1.165, 1.54) is 9.75 Å². The molecule has 0 radical (unpaired) electrons. The number of benzene rings is 1. The number of ether oxygens (including phenoxy) is 3. The Kier molecular flexibility index (Phi) is 4.03. The molecule has 21 heavy (non-hydrogen) atoms. The summed E-state index contributed by atoms with van der Waals surface area (Å²) in [6, 6.07) is 8.65. The second-order valence-corrected chi connectivity index (χ2v) is 6.40. The minimum atomic E-state index is 0.257. The van der Waals surface area contributed by atoms with E-state index in [9.17, 15) is 0 Å². The number of methoxy groups -OCH3 is 1. The van der Waals surface area contributed by atoms with E-state index in [0.717, 1.165) is 23.6 Å². The average Bonchev–Trinajstić information content (AvgIpc) is 3.12. The Morgan fingerprint density at radius 2 is 2.19 bits per heavy atom. The summed E-state index contributed by atoms with van der Waals surface area (Å²) in [5.41, 5.74) is 1.12. The Morgan fingerprint density at radius 1 is 1.33 bits per heavy atom. The lowest BCUT2D eigenvalue weighted by Crippen LogP contribution is -2.17. The van der Waals surface area contributed by atoms with Crippen LogP contribution >= 0.6 is 11.3 Å². The van der Waals surface area contributed by atoms with Gasteiger partial charge in [-0.15, -0.1) is 11.3 Å². The summed E-state index contributed by atoms with van der Waals surface area (Å²) < 4.78 is 16.2. The summed E-state index contributed by atoms with van der Waals surface area (Å²) in [6.45, 7) is 5.32. The van der Waals surface area contributed by atoms with Crippen molar-refractivity contribution in [3.63, 3.8) is 0 Å². The lowest BCUT2D eigenvalue weighted by Gasteiger charge is -2.13. The SMILES string of the molecule is COc1cc(CNC(C)c2ccc(C)s2)cc2c1OCO2. The molecular weight excluding hydrogens is 286 g/mol. The van der Waals surface area contributed by atoms with Crippen molar-refractivity contribution in [1.29, 1.82) is 0 Å². The lowest BCUT2D eigenvalue weighted by atomic mass is 10.1. The van der Waals surface area contributed by atoms with Gasteiger partial charge in [0.25, 0.3) is 0 Å². The molecule has 0 amide bonds. The second-order valence-electron chi connectivity index (χ2n) is 5.08. The molecule has 1 aliphatic heterocycles. The summed E-state index contributed by atoms with van der Waals surface area (Å²) in [7, 11) is 1.64. The van der Waals surface area contributed by atoms with Gasteiger partial charge in [-0.1, -0.05) is 0 Å². The van der Waals surface area contributed by atoms with Gasteiger partial charge in [0.1, 0.15) is 0 Å². The lowest BCUT2D eigenvalue weighted by molar-refractivity contribution is 0.171. The Labute approximate surface area is 128 Å². The quantitative estimate of drug-likeness (QED) is 0.915. The van der Waals surface area contributed by atoms with Gasteiger partial charge < -0.3 is 19.5 Å². The topological polar surface area (TPSA) is 39.7 Å². The number of fused-ring (bicyclic) bond motifs is 1. The van der Waals surface area contributed by atoms with Crippen molar-refractivity contribution in [1.82, 2.24) is 5.32 Å². The van der Waals surface area contributed by atoms with E-state index in [4.69, 9.17) is 14.2 Å². The maximum atomic E-state index is 5.45. The molecule has 1 aromatic heterocycles. The van der Waals surface area contributed by atoms with Crippen LogP contribution in [0.3, 0.4) is 0 Å². The van der Waals surface area contributed by atoms with Gasteiger partial charge in [-0.2, -0.15) is 0 Å². The number of rotatable bonds is 5. The number of hydrogen-bond acceptors (Lipinski definition) is 5. The first kappa shape index (κ1) is 14.2. The van der Waals surface area contributed by atoms with Crippen molar-refractivity contribution in [3.05, 3.63) is 39.6 Å². The van der Waals surface area contributed by atoms with Gasteiger partial charge in [-0.05, 0) is 43.7 Å². The summed E-state index contributed by atoms with van der Waals surface area (Å²) in [5.74, 6) is 2.18. The van der Waals surface area contributed by atoms with Crippen molar-refractivity contribution in [3.8, 4) is 17.2 Å². The summed E-state index contributed by atoms with van der Waals surface area (Å²) in [6.07, 6.45) is 0. The molecule has 1 aromatic carbocycles. The summed E-state index contributed by atoms with van der Waals surface area (Å²) >= 11 is 1.83. The summed E-state index contributed by atoms with van der Waals surface area (Å²) in [4.78, 5) is 2.68. The molecule has 0 saturated heterocycles. The molecule has 1 aliphatic rings. The van der Waals surface area contributed by atoms with Crippen molar-refractivity contribution < 1.29 is 14.2 Å². The molecule has 2 heterocycles. The first-order valence-electron chi connectivity index (χ1n) is 6.93. The highest BCUT2D eigenvalue weighted by molar-refractivity contribution is 7.12. The Hall–Kier alpha value is -1.72. The van der Waals surface area contributed by atoms with Gasteiger partial charge in [0, 0.05) is 22.3 Å². The molecule has 5 heteroatoms. The largest absolute Gasteiger partial charge is 0.493 e. The van der Waals surface area contributed by atoms with Crippen LogP contribution in [0, 0.1) is 6.92 Å². The highest BCUT2D eigenvalue weighted by Crippen LogP contribution is 2.41. The molecule has 4 nitrogen and oxygen atoms in total. The second kappa shape index (κ2) is 5.95. The average molecular weight is 305 g/mol. The zero-order valence-corrected chi connectivity index (χ0v) is 13.3. The number of nitrogens with one attached hydrogen (secondary N) is 1. The molecular formula is C16H19NO3S. The molecule has 0 saturated carbocycles. The molecule has 3 rings (SSSR count). The fourth-order valence-electron chi connectivity index (χ4n) is 2.34. The fraction of sp³-hybridized carbons (Fsp3) is 0.375. The van der Waals surface area contributed by atoms with Crippen molar-refractivity contribution in [2.45, 2.75) is 26.4 Å². The zero-order valence-electron chi connectivity index (χ0n) is 12.4. The van der Waals surface area contributed by atoms with Crippen LogP contribution in [0.1, 0.15) is 28.3 Å². The van der Waals surface area contributed by atoms with Crippen molar-refractivity contribution >= 4 is 11.3 Å². The third-order valence-electron chi connectivity index (χ3n) is 3.52. The smallest absolute Gasteiger partial charge is 0.231 e. The Bertz CT molecular complexity index is 638. The standard InChI is InChI=1S/C16H19NO3S/c1-10-4-5-15(21-10)11(2)17-8-12-6-13(18-3)16-14(7-12)19-9-20-16/h4-7,11,17H,8-9H2,1-3H3. The van der Waals surface area contributed by atoms with Gasteiger partial charge >= 0.3 is 0 Å². The van der Waals surface area contributed by atoms with E-state index in [0.29, 0.717) is 11.8 Å². The number of aryl methyl sites for hydroxylation is 1. The van der Waals surface area contributed by atoms with Crippen LogP contribution in [0.5, 0.6) is 17.2 Å². The molecule has 1 N–H and O–H groups in total. The maximum Gasteiger partial charge on any atom is 0.231 e. The normalized spacial score (nSPS) is 14.2. The molecule has 0 aliphatic carbocycles.